The van der Waals surface area contributed by atoms with E-state index < -0.39 is 15.0 Å². The molecule has 0 amide bonds. The second-order valence-electron chi connectivity index (χ2n) is 3.65. The number of esters is 1. The van der Waals surface area contributed by atoms with Crippen molar-refractivity contribution in [3.05, 3.63) is 17.0 Å². The molecule has 0 unspecified atom stereocenters. The molecule has 1 rings (SSSR count). The number of carbonyl (C=O) groups excluding carboxylic acids is 1. The van der Waals surface area contributed by atoms with Crippen molar-refractivity contribution in [1.29, 1.82) is 0 Å². The van der Waals surface area contributed by atoms with E-state index >= 15 is 0 Å². The first kappa shape index (κ1) is 15.4. The van der Waals surface area contributed by atoms with Crippen molar-refractivity contribution in [2.24, 2.45) is 0 Å². The highest BCUT2D eigenvalue weighted by Gasteiger charge is 2.17. The molecule has 0 aliphatic heterocycles. The maximum Gasteiger partial charge on any atom is 0.339 e. The molecule has 0 aliphatic rings. The molecule has 1 aromatic heterocycles. The van der Waals surface area contributed by atoms with Crippen LogP contribution < -0.4 is 0 Å². The van der Waals surface area contributed by atoms with Crippen LogP contribution in [-0.2, 0) is 18.5 Å². The first-order valence-electron chi connectivity index (χ1n) is 5.12. The van der Waals surface area contributed by atoms with Crippen LogP contribution in [0.25, 0.3) is 0 Å². The van der Waals surface area contributed by atoms with Gasteiger partial charge < -0.3 is 9.47 Å². The molecule has 0 atom stereocenters. The van der Waals surface area contributed by atoms with Gasteiger partial charge in [0.1, 0.15) is 10.8 Å². The van der Waals surface area contributed by atoms with Gasteiger partial charge in [0.2, 0.25) is 0 Å². The average molecular weight is 313 g/mol. The van der Waals surface area contributed by atoms with Crippen LogP contribution in [0.15, 0.2) is 15.7 Å². The number of carbonyl (C=O) groups is 1. The summed E-state index contributed by atoms with van der Waals surface area (Å²) in [6.45, 7) is 4.17. The van der Waals surface area contributed by atoms with Crippen LogP contribution in [0.4, 0.5) is 0 Å². The number of rotatable bonds is 6. The van der Waals surface area contributed by atoms with Crippen LogP contribution in [0.3, 0.4) is 0 Å². The second kappa shape index (κ2) is 6.51. The highest BCUT2D eigenvalue weighted by molar-refractivity contribution is 8.15. The summed E-state index contributed by atoms with van der Waals surface area (Å²) in [7, 11) is 1.36. The van der Waals surface area contributed by atoms with Gasteiger partial charge in [0, 0.05) is 16.1 Å². The normalized spacial score (nSPS) is 11.8. The van der Waals surface area contributed by atoms with Gasteiger partial charge in [0.25, 0.3) is 9.05 Å². The third kappa shape index (κ3) is 4.93. The maximum absolute atomic E-state index is 11.5. The Morgan fingerprint density at radius 3 is 2.61 bits per heavy atom. The van der Waals surface area contributed by atoms with Gasteiger partial charge in [-0.25, -0.2) is 13.2 Å². The van der Waals surface area contributed by atoms with Gasteiger partial charge in [-0.15, -0.1) is 11.3 Å². The van der Waals surface area contributed by atoms with Gasteiger partial charge in [-0.05, 0) is 19.9 Å². The Morgan fingerprint density at radius 1 is 1.44 bits per heavy atom. The molecule has 0 radical (unpaired) electrons. The Balaban J connectivity index is 2.50. The van der Waals surface area contributed by atoms with Crippen molar-refractivity contribution in [2.45, 2.75) is 24.2 Å². The minimum Gasteiger partial charge on any atom is -0.460 e. The zero-order valence-corrected chi connectivity index (χ0v) is 12.3. The molecule has 18 heavy (non-hydrogen) atoms. The van der Waals surface area contributed by atoms with Gasteiger partial charge in [0.05, 0.1) is 18.3 Å². The Morgan fingerprint density at radius 2 is 2.11 bits per heavy atom. The highest BCUT2D eigenvalue weighted by atomic mass is 35.7. The van der Waals surface area contributed by atoms with Crippen LogP contribution in [0.5, 0.6) is 0 Å². The molecule has 1 aromatic rings. The number of halogens is 1. The largest absolute Gasteiger partial charge is 0.460 e. The molecule has 5 nitrogen and oxygen atoms in total. The lowest BCUT2D eigenvalue weighted by atomic mass is 10.3. The van der Waals surface area contributed by atoms with Crippen molar-refractivity contribution in [3.8, 4) is 0 Å². The Hall–Kier alpha value is -0.630. The minimum absolute atomic E-state index is 0.0674. The molecule has 8 heteroatoms. The van der Waals surface area contributed by atoms with Crippen molar-refractivity contribution in [2.75, 3.05) is 13.2 Å². The predicted molar refractivity (Wildman–Crippen MR) is 68.7 cm³/mol. The lowest BCUT2D eigenvalue weighted by molar-refractivity contribution is 0.0177. The standard InChI is InChI=1S/C10H13ClO5S2/c1-7(2)15-3-4-16-10(12)8-5-9(17-6-8)18(11,13)14/h5-7H,3-4H2,1-2H3. The molecule has 1 heterocycles. The topological polar surface area (TPSA) is 69.7 Å². The molecular weight excluding hydrogens is 300 g/mol. The maximum atomic E-state index is 11.5. The Labute approximate surface area is 114 Å². The second-order valence-corrected chi connectivity index (χ2v) is 7.35. The molecule has 0 bridgehead atoms. The third-order valence-electron chi connectivity index (χ3n) is 1.82. The quantitative estimate of drug-likeness (QED) is 0.458. The lowest BCUT2D eigenvalue weighted by Crippen LogP contribution is -2.13. The van der Waals surface area contributed by atoms with E-state index in [0.29, 0.717) is 6.61 Å². The molecule has 0 aromatic carbocycles. The zero-order valence-electron chi connectivity index (χ0n) is 9.88. The summed E-state index contributed by atoms with van der Waals surface area (Å²) < 4.78 is 32.0. The summed E-state index contributed by atoms with van der Waals surface area (Å²) in [4.78, 5) is 11.5. The highest BCUT2D eigenvalue weighted by Crippen LogP contribution is 2.24. The fourth-order valence-electron chi connectivity index (χ4n) is 1.05. The van der Waals surface area contributed by atoms with Crippen molar-refractivity contribution in [3.63, 3.8) is 0 Å². The van der Waals surface area contributed by atoms with Gasteiger partial charge in [-0.2, -0.15) is 0 Å². The molecule has 0 fully saturated rings. The summed E-state index contributed by atoms with van der Waals surface area (Å²) in [5.41, 5.74) is 0.170. The first-order valence-corrected chi connectivity index (χ1v) is 8.31. The van der Waals surface area contributed by atoms with E-state index in [2.05, 4.69) is 0 Å². The van der Waals surface area contributed by atoms with Crippen LogP contribution in [-0.4, -0.2) is 33.7 Å². The van der Waals surface area contributed by atoms with Crippen molar-refractivity contribution < 1.29 is 22.7 Å². The van der Waals surface area contributed by atoms with Crippen molar-refractivity contribution in [1.82, 2.24) is 0 Å². The summed E-state index contributed by atoms with van der Waals surface area (Å²) in [5.74, 6) is -0.592. The fourth-order valence-corrected chi connectivity index (χ4v) is 2.99. The van der Waals surface area contributed by atoms with E-state index in [1.54, 1.807) is 0 Å². The van der Waals surface area contributed by atoms with E-state index in [1.165, 1.54) is 11.4 Å². The molecule has 0 aliphatic carbocycles. The summed E-state index contributed by atoms with van der Waals surface area (Å²) in [6, 6.07) is 1.19. The predicted octanol–water partition coefficient (Wildman–Crippen LogP) is 2.26. The lowest BCUT2D eigenvalue weighted by Gasteiger charge is -2.07. The van der Waals surface area contributed by atoms with E-state index in [0.717, 1.165) is 11.3 Å². The number of hydrogen-bond acceptors (Lipinski definition) is 6. The van der Waals surface area contributed by atoms with Crippen LogP contribution in [0.2, 0.25) is 0 Å². The van der Waals surface area contributed by atoms with Crippen LogP contribution >= 0.6 is 22.0 Å². The molecule has 0 saturated heterocycles. The number of ether oxygens (including phenoxy) is 2. The molecule has 0 saturated carbocycles. The van der Waals surface area contributed by atoms with E-state index in [9.17, 15) is 13.2 Å². The monoisotopic (exact) mass is 312 g/mol. The van der Waals surface area contributed by atoms with Gasteiger partial charge >= 0.3 is 5.97 Å². The first-order chi connectivity index (χ1) is 8.30. The molecular formula is C10H13ClO5S2. The number of hydrogen-bond donors (Lipinski definition) is 0. The summed E-state index contributed by atoms with van der Waals surface area (Å²) in [6.07, 6.45) is 0.0674. The van der Waals surface area contributed by atoms with E-state index in [4.69, 9.17) is 20.2 Å². The summed E-state index contributed by atoms with van der Waals surface area (Å²) in [5, 5.41) is 1.39. The molecule has 0 spiro atoms. The minimum atomic E-state index is -3.79. The van der Waals surface area contributed by atoms with Gasteiger partial charge in [-0.3, -0.25) is 0 Å². The van der Waals surface area contributed by atoms with E-state index in [-0.39, 0.29) is 22.5 Å². The van der Waals surface area contributed by atoms with Crippen LogP contribution in [0.1, 0.15) is 24.2 Å². The average Bonchev–Trinajstić information content (AvgIpc) is 2.72. The Kier molecular flexibility index (Phi) is 5.58. The third-order valence-corrected chi connectivity index (χ3v) is 4.86. The van der Waals surface area contributed by atoms with Crippen LogP contribution in [0, 0.1) is 0 Å². The fraction of sp³-hybridized carbons (Fsp3) is 0.500. The molecule has 0 N–H and O–H groups in total. The van der Waals surface area contributed by atoms with E-state index in [1.807, 2.05) is 13.8 Å². The van der Waals surface area contributed by atoms with Crippen molar-refractivity contribution >= 4 is 37.0 Å². The zero-order chi connectivity index (χ0) is 13.8. The number of thiophene rings is 1. The summed E-state index contributed by atoms with van der Waals surface area (Å²) >= 11 is 0.877. The smallest absolute Gasteiger partial charge is 0.339 e. The Bertz CT molecular complexity index is 506. The van der Waals surface area contributed by atoms with Gasteiger partial charge in [-0.1, -0.05) is 0 Å². The SMILES string of the molecule is CC(C)OCCOC(=O)c1csc(S(=O)(=O)Cl)c1. The molecule has 102 valence electrons. The van der Waals surface area contributed by atoms with Gasteiger partial charge in [0.15, 0.2) is 0 Å².